The van der Waals surface area contributed by atoms with Crippen LogP contribution < -0.4 is 10.1 Å². The van der Waals surface area contributed by atoms with E-state index in [4.69, 9.17) is 16.3 Å². The van der Waals surface area contributed by atoms with E-state index in [-0.39, 0.29) is 0 Å². The van der Waals surface area contributed by atoms with Crippen molar-refractivity contribution in [2.75, 3.05) is 7.05 Å². The zero-order chi connectivity index (χ0) is 14.5. The van der Waals surface area contributed by atoms with Crippen molar-refractivity contribution in [2.45, 2.75) is 27.0 Å². The Morgan fingerprint density at radius 1 is 1.20 bits per heavy atom. The fraction of sp³-hybridized carbons (Fsp3) is 0.312. The summed E-state index contributed by atoms with van der Waals surface area (Å²) in [5.41, 5.74) is 4.13. The van der Waals surface area contributed by atoms with Gasteiger partial charge in [0.2, 0.25) is 0 Å². The lowest BCUT2D eigenvalue weighted by molar-refractivity contribution is 0.301. The van der Waals surface area contributed by atoms with Gasteiger partial charge < -0.3 is 10.1 Å². The van der Waals surface area contributed by atoms with E-state index in [9.17, 15) is 0 Å². The zero-order valence-electron chi connectivity index (χ0n) is 12.0. The molecule has 106 valence electrons. The minimum Gasteiger partial charge on any atom is -0.487 e. The first-order valence-corrected chi connectivity index (χ1v) is 6.96. The molecule has 2 aromatic rings. The molecule has 1 aromatic carbocycles. The quantitative estimate of drug-likeness (QED) is 0.913. The Morgan fingerprint density at radius 2 is 1.90 bits per heavy atom. The monoisotopic (exact) mass is 290 g/mol. The number of aromatic nitrogens is 1. The molecule has 0 radical (unpaired) electrons. The van der Waals surface area contributed by atoms with Crippen molar-refractivity contribution in [3.8, 4) is 5.75 Å². The van der Waals surface area contributed by atoms with Gasteiger partial charge in [-0.3, -0.25) is 4.98 Å². The Balaban J connectivity index is 2.01. The van der Waals surface area contributed by atoms with Crippen LogP contribution >= 0.6 is 11.6 Å². The fourth-order valence-electron chi connectivity index (χ4n) is 2.00. The summed E-state index contributed by atoms with van der Waals surface area (Å²) in [5, 5.41) is 3.89. The molecule has 0 saturated carbocycles. The molecule has 0 atom stereocenters. The highest BCUT2D eigenvalue weighted by molar-refractivity contribution is 6.32. The Labute approximate surface area is 124 Å². The third-order valence-corrected chi connectivity index (χ3v) is 3.66. The average molecular weight is 291 g/mol. The highest BCUT2D eigenvalue weighted by Crippen LogP contribution is 2.26. The molecule has 0 aliphatic heterocycles. The average Bonchev–Trinajstić information content (AvgIpc) is 2.44. The van der Waals surface area contributed by atoms with Crippen LogP contribution in [0.2, 0.25) is 5.02 Å². The summed E-state index contributed by atoms with van der Waals surface area (Å²) in [5.74, 6) is 0.825. The summed E-state index contributed by atoms with van der Waals surface area (Å²) >= 11 is 6.14. The molecular formula is C16H19ClN2O. The third-order valence-electron chi connectivity index (χ3n) is 3.06. The number of aryl methyl sites for hydroxylation is 2. The van der Waals surface area contributed by atoms with Crippen LogP contribution in [0, 0.1) is 13.8 Å². The molecule has 0 unspecified atom stereocenters. The van der Waals surface area contributed by atoms with Crippen molar-refractivity contribution >= 4 is 11.6 Å². The lowest BCUT2D eigenvalue weighted by Crippen LogP contribution is -2.06. The van der Waals surface area contributed by atoms with Crippen LogP contribution in [0.4, 0.5) is 0 Å². The van der Waals surface area contributed by atoms with Gasteiger partial charge in [0, 0.05) is 17.8 Å². The number of halogens is 1. The minimum absolute atomic E-state index is 0.459. The molecule has 2 rings (SSSR count). The number of hydrogen-bond acceptors (Lipinski definition) is 3. The molecule has 3 nitrogen and oxygen atoms in total. The molecule has 0 spiro atoms. The Kier molecular flexibility index (Phi) is 4.99. The van der Waals surface area contributed by atoms with Crippen molar-refractivity contribution in [1.82, 2.24) is 10.3 Å². The number of ether oxygens (including phenoxy) is 1. The van der Waals surface area contributed by atoms with Crippen LogP contribution in [0.3, 0.4) is 0 Å². The second-order valence-electron chi connectivity index (χ2n) is 4.85. The van der Waals surface area contributed by atoms with E-state index in [1.165, 1.54) is 0 Å². The summed E-state index contributed by atoms with van der Waals surface area (Å²) in [4.78, 5) is 4.38. The van der Waals surface area contributed by atoms with Gasteiger partial charge >= 0.3 is 0 Å². The topological polar surface area (TPSA) is 34.1 Å². The summed E-state index contributed by atoms with van der Waals surface area (Å²) < 4.78 is 5.77. The molecular weight excluding hydrogens is 272 g/mol. The van der Waals surface area contributed by atoms with Crippen LogP contribution in [0.1, 0.15) is 22.4 Å². The summed E-state index contributed by atoms with van der Waals surface area (Å²) in [6.45, 7) is 5.24. The molecule has 0 amide bonds. The van der Waals surface area contributed by atoms with Crippen LogP contribution in [-0.2, 0) is 13.2 Å². The zero-order valence-corrected chi connectivity index (χ0v) is 12.8. The van der Waals surface area contributed by atoms with Gasteiger partial charge in [0.05, 0.1) is 5.69 Å². The maximum Gasteiger partial charge on any atom is 0.130 e. The van der Waals surface area contributed by atoms with Crippen molar-refractivity contribution in [2.24, 2.45) is 0 Å². The third kappa shape index (κ3) is 3.71. The first-order valence-electron chi connectivity index (χ1n) is 6.58. The van der Waals surface area contributed by atoms with E-state index in [1.54, 1.807) is 0 Å². The number of hydrogen-bond donors (Lipinski definition) is 1. The number of nitrogens with one attached hydrogen (secondary N) is 1. The van der Waals surface area contributed by atoms with Gasteiger partial charge in [0.15, 0.2) is 0 Å². The molecule has 0 fully saturated rings. The Bertz CT molecular complexity index is 559. The van der Waals surface area contributed by atoms with Crippen molar-refractivity contribution < 1.29 is 4.74 Å². The van der Waals surface area contributed by atoms with E-state index < -0.39 is 0 Å². The number of benzene rings is 1. The van der Waals surface area contributed by atoms with E-state index in [0.29, 0.717) is 6.61 Å². The van der Waals surface area contributed by atoms with Crippen LogP contribution in [-0.4, -0.2) is 12.0 Å². The number of nitrogens with zero attached hydrogens (tertiary/aromatic N) is 1. The maximum atomic E-state index is 6.14. The Morgan fingerprint density at radius 3 is 2.45 bits per heavy atom. The second kappa shape index (κ2) is 6.73. The lowest BCUT2D eigenvalue weighted by atomic mass is 10.1. The lowest BCUT2D eigenvalue weighted by Gasteiger charge is -2.10. The summed E-state index contributed by atoms with van der Waals surface area (Å²) in [6, 6.07) is 7.94. The van der Waals surface area contributed by atoms with Gasteiger partial charge in [0.25, 0.3) is 0 Å². The van der Waals surface area contributed by atoms with Gasteiger partial charge in [-0.25, -0.2) is 0 Å². The van der Waals surface area contributed by atoms with Gasteiger partial charge in [-0.2, -0.15) is 0 Å². The number of pyridine rings is 1. The van der Waals surface area contributed by atoms with Crippen molar-refractivity contribution in [3.05, 3.63) is 57.9 Å². The van der Waals surface area contributed by atoms with Crippen LogP contribution in [0.15, 0.2) is 30.5 Å². The van der Waals surface area contributed by atoms with Crippen LogP contribution in [0.25, 0.3) is 0 Å². The van der Waals surface area contributed by atoms with Gasteiger partial charge in [0.1, 0.15) is 12.4 Å². The standard InChI is InChI=1S/C16H19ClN2O/c1-11-6-15(7-12(2)16(11)17)20-10-14-5-4-13(8-18-3)9-19-14/h4-7,9,18H,8,10H2,1-3H3. The molecule has 1 aromatic heterocycles. The van der Waals surface area contributed by atoms with Gasteiger partial charge in [-0.1, -0.05) is 17.7 Å². The molecule has 0 aliphatic rings. The summed E-state index contributed by atoms with van der Waals surface area (Å²) in [6.07, 6.45) is 1.87. The molecule has 1 N–H and O–H groups in total. The van der Waals surface area contributed by atoms with Gasteiger partial charge in [-0.05, 0) is 55.8 Å². The van der Waals surface area contributed by atoms with E-state index in [2.05, 4.69) is 16.4 Å². The summed E-state index contributed by atoms with van der Waals surface area (Å²) in [7, 11) is 1.92. The predicted octanol–water partition coefficient (Wildman–Crippen LogP) is 3.65. The normalized spacial score (nSPS) is 10.6. The second-order valence-corrected chi connectivity index (χ2v) is 5.23. The van der Waals surface area contributed by atoms with Gasteiger partial charge in [-0.15, -0.1) is 0 Å². The largest absolute Gasteiger partial charge is 0.487 e. The van der Waals surface area contributed by atoms with E-state index in [0.717, 1.165) is 39.7 Å². The van der Waals surface area contributed by atoms with Crippen molar-refractivity contribution in [1.29, 1.82) is 0 Å². The Hall–Kier alpha value is -1.58. The molecule has 0 bridgehead atoms. The molecule has 20 heavy (non-hydrogen) atoms. The SMILES string of the molecule is CNCc1ccc(COc2cc(C)c(Cl)c(C)c2)nc1. The number of rotatable bonds is 5. The minimum atomic E-state index is 0.459. The van der Waals surface area contributed by atoms with Crippen molar-refractivity contribution in [3.63, 3.8) is 0 Å². The molecule has 0 saturated heterocycles. The highest BCUT2D eigenvalue weighted by Gasteiger charge is 2.04. The molecule has 1 heterocycles. The molecule has 0 aliphatic carbocycles. The van der Waals surface area contributed by atoms with E-state index in [1.807, 2.05) is 45.3 Å². The fourth-order valence-corrected chi connectivity index (χ4v) is 2.11. The molecule has 4 heteroatoms. The highest BCUT2D eigenvalue weighted by atomic mass is 35.5. The maximum absolute atomic E-state index is 6.14. The predicted molar refractivity (Wildman–Crippen MR) is 82.3 cm³/mol. The van der Waals surface area contributed by atoms with Crippen LogP contribution in [0.5, 0.6) is 5.75 Å². The first-order chi connectivity index (χ1) is 9.60. The first kappa shape index (κ1) is 14.8. The van der Waals surface area contributed by atoms with E-state index >= 15 is 0 Å². The smallest absolute Gasteiger partial charge is 0.130 e.